The predicted octanol–water partition coefficient (Wildman–Crippen LogP) is 7.67. The second-order valence-corrected chi connectivity index (χ2v) is 15.2. The van der Waals surface area contributed by atoms with Gasteiger partial charge in [0, 0.05) is 57.1 Å². The van der Waals surface area contributed by atoms with Crippen molar-refractivity contribution in [2.24, 2.45) is 0 Å². The molecule has 1 aliphatic heterocycles. The lowest BCUT2D eigenvalue weighted by Crippen LogP contribution is -2.51. The average molecular weight is 962 g/mol. The van der Waals surface area contributed by atoms with Crippen LogP contribution < -0.4 is 10.3 Å². The highest BCUT2D eigenvalue weighted by atomic mass is 19.4. The Hall–Kier alpha value is -5.05. The number of quaternary nitrogens is 1. The third kappa shape index (κ3) is 15.6. The van der Waals surface area contributed by atoms with E-state index in [1.165, 1.54) is 17.2 Å². The summed E-state index contributed by atoms with van der Waals surface area (Å²) < 4.78 is 200. The highest BCUT2D eigenvalue weighted by molar-refractivity contribution is 5.93. The number of piperazine rings is 1. The number of halogens is 16. The number of anilines is 1. The Labute approximate surface area is 351 Å². The second-order valence-electron chi connectivity index (χ2n) is 15.2. The zero-order chi connectivity index (χ0) is 49.6. The quantitative estimate of drug-likeness (QED) is 0.111. The number of nitrogens with zero attached hydrogens (tertiary/aromatic N) is 4. The van der Waals surface area contributed by atoms with Crippen molar-refractivity contribution in [3.63, 3.8) is 0 Å². The second kappa shape index (κ2) is 20.4. The van der Waals surface area contributed by atoms with Crippen molar-refractivity contribution >= 4 is 40.4 Å². The maximum atomic E-state index is 14.9. The van der Waals surface area contributed by atoms with E-state index in [1.54, 1.807) is 18.7 Å². The molecule has 1 aromatic heterocycles. The lowest BCUT2D eigenvalue weighted by atomic mass is 10.1. The minimum absolute atomic E-state index is 0.0351. The number of hydrogen-bond donors (Lipinski definition) is 2. The number of rotatable bonds is 14. The van der Waals surface area contributed by atoms with Crippen LogP contribution in [0.15, 0.2) is 23.1 Å². The Balaban J connectivity index is 0.000000403. The predicted molar refractivity (Wildman–Crippen MR) is 190 cm³/mol. The first-order chi connectivity index (χ1) is 28.8. The number of alkyl halides is 15. The van der Waals surface area contributed by atoms with E-state index >= 15 is 0 Å². The van der Waals surface area contributed by atoms with Crippen LogP contribution in [0, 0.1) is 5.82 Å². The summed E-state index contributed by atoms with van der Waals surface area (Å²) in [4.78, 5) is 59.9. The minimum atomic E-state index is -5.84. The Morgan fingerprint density at radius 3 is 1.72 bits per heavy atom. The number of carbonyl (C=O) groups is 4. The molecule has 0 unspecified atom stereocenters. The molecule has 2 aromatic rings. The number of aromatic carboxylic acids is 1. The molecule has 0 bridgehead atoms. The number of amides is 1. The molecule has 1 saturated carbocycles. The number of esters is 1. The van der Waals surface area contributed by atoms with Gasteiger partial charge in [0.05, 0.1) is 44.7 Å². The van der Waals surface area contributed by atoms with Gasteiger partial charge < -0.3 is 33.8 Å². The first-order valence-electron chi connectivity index (χ1n) is 18.5. The number of benzene rings is 1. The van der Waals surface area contributed by atoms with E-state index in [9.17, 15) is 99.3 Å². The van der Waals surface area contributed by atoms with Crippen molar-refractivity contribution in [1.29, 1.82) is 0 Å². The molecule has 2 heterocycles. The maximum absolute atomic E-state index is 14.9. The summed E-state index contributed by atoms with van der Waals surface area (Å²) in [6.07, 6.45) is -19.0. The largest absolute Gasteiger partial charge is 0.481 e. The first kappa shape index (κ1) is 55.1. The van der Waals surface area contributed by atoms with Gasteiger partial charge in [-0.2, -0.15) is 65.9 Å². The summed E-state index contributed by atoms with van der Waals surface area (Å²) in [7, 11) is 3.35. The first-order valence-corrected chi connectivity index (χ1v) is 18.5. The summed E-state index contributed by atoms with van der Waals surface area (Å²) in [5.41, 5.74) is -0.922. The highest BCUT2D eigenvalue weighted by Crippen LogP contribution is 2.41. The Bertz CT molecular complexity index is 2020. The average Bonchev–Trinajstić information content (AvgIpc) is 3.98. The number of carboxylic acid groups (broad SMARTS) is 2. The Kier molecular flexibility index (Phi) is 17.6. The van der Waals surface area contributed by atoms with Gasteiger partial charge in [-0.25, -0.2) is 9.18 Å². The fourth-order valence-electron chi connectivity index (χ4n) is 5.40. The molecule has 0 radical (unpaired) electrons. The standard InChI is InChI=1S/C21H19F6N3O4.C12H18F5NO4.C3H3F5/c22-14-7-12-15(30(11-1-2-11)10-13(18(12)32)19(33)34)8-16(14)28-3-5-29(6-4-28)17(31)9-20(23,24)21(25,26)27;1-18(2,6-4-9(19)20)7-8-22-10(21)3-5-11(13,14)12(15,16)17;1-2(4,5)3(6,7)8/h7-8,10-11H,1-6,9H2,(H,33,34);3-8H2,1-2H3;1H3/p+1. The van der Waals surface area contributed by atoms with Crippen molar-refractivity contribution < 1.29 is 109 Å². The fraction of sp³-hybridized carbons (Fsp3) is 0.639. The van der Waals surface area contributed by atoms with Gasteiger partial charge in [-0.05, 0) is 25.0 Å². The number of hydrogen-bond acceptors (Lipinski definition) is 7. The lowest BCUT2D eigenvalue weighted by molar-refractivity contribution is -0.889. The van der Waals surface area contributed by atoms with E-state index in [-0.39, 0.29) is 80.8 Å². The smallest absolute Gasteiger partial charge is 0.453 e. The normalized spacial score (nSPS) is 15.5. The molecule has 2 fully saturated rings. The van der Waals surface area contributed by atoms with Crippen LogP contribution in [0.1, 0.15) is 61.8 Å². The van der Waals surface area contributed by atoms with Crippen molar-refractivity contribution in [2.45, 2.75) is 87.8 Å². The van der Waals surface area contributed by atoms with Crippen LogP contribution in [-0.4, -0.2) is 144 Å². The van der Waals surface area contributed by atoms with Crippen LogP contribution in [0.3, 0.4) is 0 Å². The number of carbonyl (C=O) groups excluding carboxylic acids is 2. The minimum Gasteiger partial charge on any atom is -0.481 e. The number of carboxylic acids is 2. The third-order valence-corrected chi connectivity index (χ3v) is 9.48. The molecule has 28 heteroatoms. The molecule has 364 valence electrons. The molecular weight excluding hydrogens is 920 g/mol. The topological polar surface area (TPSA) is 146 Å². The van der Waals surface area contributed by atoms with Gasteiger partial charge in [0.1, 0.15) is 31.0 Å². The van der Waals surface area contributed by atoms with E-state index in [1.807, 2.05) is 0 Å². The summed E-state index contributed by atoms with van der Waals surface area (Å²) in [6.45, 7) is -0.363. The summed E-state index contributed by atoms with van der Waals surface area (Å²) in [5.74, 6) is -20.4. The van der Waals surface area contributed by atoms with E-state index in [2.05, 4.69) is 4.74 Å². The number of aliphatic carboxylic acids is 1. The van der Waals surface area contributed by atoms with Gasteiger partial charge in [-0.3, -0.25) is 19.2 Å². The monoisotopic (exact) mass is 961 g/mol. The van der Waals surface area contributed by atoms with Gasteiger partial charge in [0.25, 0.3) is 0 Å². The van der Waals surface area contributed by atoms with E-state index in [0.29, 0.717) is 5.52 Å². The molecule has 12 nitrogen and oxygen atoms in total. The summed E-state index contributed by atoms with van der Waals surface area (Å²) in [6, 6.07) is 2.30. The molecule has 1 aromatic carbocycles. The van der Waals surface area contributed by atoms with Crippen LogP contribution in [0.2, 0.25) is 0 Å². The molecule has 1 saturated heterocycles. The Morgan fingerprint density at radius 2 is 1.28 bits per heavy atom. The fourth-order valence-corrected chi connectivity index (χ4v) is 5.40. The lowest BCUT2D eigenvalue weighted by Gasteiger charge is -2.37. The number of fused-ring (bicyclic) bond motifs is 1. The van der Waals surface area contributed by atoms with Crippen LogP contribution >= 0.6 is 0 Å². The van der Waals surface area contributed by atoms with Crippen LogP contribution in [0.5, 0.6) is 0 Å². The highest BCUT2D eigenvalue weighted by Gasteiger charge is 2.59. The molecule has 4 rings (SSSR count). The van der Waals surface area contributed by atoms with E-state index < -0.39 is 96.2 Å². The molecule has 0 spiro atoms. The number of likely N-dealkylation sites (N-methyl/N-ethyl adjacent to an activating group) is 1. The number of ether oxygens (including phenoxy) is 1. The van der Waals surface area contributed by atoms with Crippen molar-refractivity contribution in [3.8, 4) is 0 Å². The molecule has 2 N–H and O–H groups in total. The molecule has 2 aliphatic rings. The van der Waals surface area contributed by atoms with Crippen LogP contribution in [0.25, 0.3) is 10.9 Å². The SMILES string of the molecule is CC(F)(F)C(F)(F)F.C[N+](C)(CCOC(=O)CCC(F)(F)C(F)(F)F)CCC(=O)O.O=C(O)c1cn(C2CC2)c2cc(N3CCN(C(=O)CC(F)(F)C(F)(F)F)CC3)c(F)cc2c1=O. The van der Waals surface area contributed by atoms with Gasteiger partial charge in [-0.1, -0.05) is 0 Å². The van der Waals surface area contributed by atoms with Crippen LogP contribution in [-0.2, 0) is 19.1 Å². The van der Waals surface area contributed by atoms with Crippen LogP contribution in [0.4, 0.5) is 75.9 Å². The summed E-state index contributed by atoms with van der Waals surface area (Å²) >= 11 is 0. The Morgan fingerprint density at radius 1 is 0.766 bits per heavy atom. The maximum Gasteiger partial charge on any atom is 0.453 e. The molecule has 1 amide bonds. The molecule has 1 aliphatic carbocycles. The zero-order valence-corrected chi connectivity index (χ0v) is 33.7. The van der Waals surface area contributed by atoms with Gasteiger partial charge in [-0.15, -0.1) is 0 Å². The van der Waals surface area contributed by atoms with Gasteiger partial charge >= 0.3 is 54.2 Å². The van der Waals surface area contributed by atoms with E-state index in [4.69, 9.17) is 5.11 Å². The van der Waals surface area contributed by atoms with Crippen molar-refractivity contribution in [1.82, 2.24) is 9.47 Å². The zero-order valence-electron chi connectivity index (χ0n) is 33.7. The van der Waals surface area contributed by atoms with Gasteiger partial charge in [0.15, 0.2) is 0 Å². The number of aromatic nitrogens is 1. The van der Waals surface area contributed by atoms with E-state index in [0.717, 1.165) is 23.8 Å². The molecule has 0 atom stereocenters. The van der Waals surface area contributed by atoms with Crippen molar-refractivity contribution in [3.05, 3.63) is 39.9 Å². The van der Waals surface area contributed by atoms with Gasteiger partial charge in [0.2, 0.25) is 11.3 Å². The van der Waals surface area contributed by atoms with Crippen molar-refractivity contribution in [2.75, 3.05) is 64.9 Å². The summed E-state index contributed by atoms with van der Waals surface area (Å²) in [5, 5.41) is 17.8. The molecule has 64 heavy (non-hydrogen) atoms. The molecular formula is C36H41F16N4O8+. The number of pyridine rings is 1. The third-order valence-electron chi connectivity index (χ3n) is 9.48.